The van der Waals surface area contributed by atoms with Crippen molar-refractivity contribution in [2.45, 2.75) is 19.3 Å². The third-order valence-corrected chi connectivity index (χ3v) is 2.71. The highest BCUT2D eigenvalue weighted by Gasteiger charge is 2.03. The standard InChI is InChI=1S/C13H18ClNO2/c1-17-12-6-3-2-5-11(12)8-10-15-13(16)7-4-9-14/h2-3,5-6H,4,7-10H2,1H3,(H,15,16). The number of hydrogen-bond acceptors (Lipinski definition) is 2. The molecule has 0 fully saturated rings. The fraction of sp³-hybridized carbons (Fsp3) is 0.462. The molecule has 3 nitrogen and oxygen atoms in total. The van der Waals surface area contributed by atoms with Gasteiger partial charge in [-0.2, -0.15) is 0 Å². The first-order valence-corrected chi connectivity index (χ1v) is 6.26. The normalized spacial score (nSPS) is 10.0. The van der Waals surface area contributed by atoms with Gasteiger partial charge in [0.25, 0.3) is 0 Å². The van der Waals surface area contributed by atoms with Crippen molar-refractivity contribution >= 4 is 17.5 Å². The van der Waals surface area contributed by atoms with Crippen molar-refractivity contribution in [3.05, 3.63) is 29.8 Å². The third-order valence-electron chi connectivity index (χ3n) is 2.45. The number of nitrogens with one attached hydrogen (secondary N) is 1. The van der Waals surface area contributed by atoms with Crippen LogP contribution in [0, 0.1) is 0 Å². The van der Waals surface area contributed by atoms with Crippen molar-refractivity contribution in [2.24, 2.45) is 0 Å². The molecule has 1 amide bonds. The Hall–Kier alpha value is -1.22. The molecule has 0 unspecified atom stereocenters. The summed E-state index contributed by atoms with van der Waals surface area (Å²) in [5, 5.41) is 2.86. The maximum absolute atomic E-state index is 11.3. The number of hydrogen-bond donors (Lipinski definition) is 1. The van der Waals surface area contributed by atoms with Crippen LogP contribution in [0.25, 0.3) is 0 Å². The quantitative estimate of drug-likeness (QED) is 0.760. The van der Waals surface area contributed by atoms with E-state index in [9.17, 15) is 4.79 Å². The topological polar surface area (TPSA) is 38.3 Å². The van der Waals surface area contributed by atoms with E-state index in [1.54, 1.807) is 7.11 Å². The molecule has 1 aromatic carbocycles. The fourth-order valence-corrected chi connectivity index (χ4v) is 1.70. The minimum atomic E-state index is 0.0561. The van der Waals surface area contributed by atoms with Crippen molar-refractivity contribution in [1.29, 1.82) is 0 Å². The fourth-order valence-electron chi connectivity index (χ4n) is 1.56. The molecule has 0 bridgehead atoms. The minimum Gasteiger partial charge on any atom is -0.496 e. The summed E-state index contributed by atoms with van der Waals surface area (Å²) in [6.07, 6.45) is 1.99. The van der Waals surface area contributed by atoms with Crippen LogP contribution in [-0.4, -0.2) is 25.4 Å². The summed E-state index contributed by atoms with van der Waals surface area (Å²) in [4.78, 5) is 11.3. The van der Waals surface area contributed by atoms with E-state index in [0.717, 1.165) is 24.2 Å². The number of ether oxygens (including phenoxy) is 1. The van der Waals surface area contributed by atoms with Crippen LogP contribution < -0.4 is 10.1 Å². The summed E-state index contributed by atoms with van der Waals surface area (Å²) >= 11 is 5.52. The third kappa shape index (κ3) is 5.09. The molecule has 4 heteroatoms. The van der Waals surface area contributed by atoms with E-state index in [1.165, 1.54) is 0 Å². The Balaban J connectivity index is 2.33. The van der Waals surface area contributed by atoms with Crippen molar-refractivity contribution in [2.75, 3.05) is 19.5 Å². The van der Waals surface area contributed by atoms with Crippen LogP contribution in [0.3, 0.4) is 0 Å². The van der Waals surface area contributed by atoms with Gasteiger partial charge < -0.3 is 10.1 Å². The van der Waals surface area contributed by atoms with Gasteiger partial charge in [-0.3, -0.25) is 4.79 Å². The van der Waals surface area contributed by atoms with Gasteiger partial charge in [0.2, 0.25) is 5.91 Å². The number of carbonyl (C=O) groups excluding carboxylic acids is 1. The summed E-state index contributed by atoms with van der Waals surface area (Å²) < 4.78 is 5.24. The molecule has 0 aliphatic carbocycles. The SMILES string of the molecule is COc1ccccc1CCNC(=O)CCCCl. The zero-order valence-electron chi connectivity index (χ0n) is 10.0. The van der Waals surface area contributed by atoms with Gasteiger partial charge in [-0.15, -0.1) is 11.6 Å². The highest BCUT2D eigenvalue weighted by atomic mass is 35.5. The molecule has 1 aromatic rings. The first kappa shape index (κ1) is 13.8. The Morgan fingerprint density at radius 1 is 1.41 bits per heavy atom. The van der Waals surface area contributed by atoms with Gasteiger partial charge in [0.1, 0.15) is 5.75 Å². The van der Waals surface area contributed by atoms with Crippen molar-refractivity contribution in [3.8, 4) is 5.75 Å². The molecule has 0 heterocycles. The molecule has 0 saturated carbocycles. The zero-order valence-corrected chi connectivity index (χ0v) is 10.8. The van der Waals surface area contributed by atoms with Gasteiger partial charge in [-0.05, 0) is 24.5 Å². The second kappa shape index (κ2) is 7.96. The van der Waals surface area contributed by atoms with Crippen LogP contribution in [0.4, 0.5) is 0 Å². The summed E-state index contributed by atoms with van der Waals surface area (Å²) in [5.41, 5.74) is 1.10. The lowest BCUT2D eigenvalue weighted by Gasteiger charge is -2.08. The lowest BCUT2D eigenvalue weighted by Crippen LogP contribution is -2.25. The number of amides is 1. The highest BCUT2D eigenvalue weighted by molar-refractivity contribution is 6.17. The average Bonchev–Trinajstić information content (AvgIpc) is 2.37. The van der Waals surface area contributed by atoms with E-state index in [1.807, 2.05) is 24.3 Å². The summed E-state index contributed by atoms with van der Waals surface area (Å²) in [6, 6.07) is 7.82. The Labute approximate surface area is 107 Å². The summed E-state index contributed by atoms with van der Waals surface area (Å²) in [5.74, 6) is 1.45. The molecule has 94 valence electrons. The van der Waals surface area contributed by atoms with Gasteiger partial charge >= 0.3 is 0 Å². The van der Waals surface area contributed by atoms with E-state index >= 15 is 0 Å². The Bertz CT molecular complexity index is 355. The molecular formula is C13H18ClNO2. The molecule has 0 radical (unpaired) electrons. The largest absolute Gasteiger partial charge is 0.496 e. The van der Waals surface area contributed by atoms with Crippen molar-refractivity contribution < 1.29 is 9.53 Å². The maximum atomic E-state index is 11.3. The van der Waals surface area contributed by atoms with Crippen LogP contribution >= 0.6 is 11.6 Å². The molecule has 0 aliphatic heterocycles. The molecule has 1 N–H and O–H groups in total. The summed E-state index contributed by atoms with van der Waals surface area (Å²) in [6.45, 7) is 0.626. The van der Waals surface area contributed by atoms with Crippen LogP contribution in [0.2, 0.25) is 0 Å². The zero-order chi connectivity index (χ0) is 12.5. The van der Waals surface area contributed by atoms with E-state index in [0.29, 0.717) is 18.8 Å². The van der Waals surface area contributed by atoms with Crippen LogP contribution in [0.1, 0.15) is 18.4 Å². The number of para-hydroxylation sites is 1. The molecule has 1 rings (SSSR count). The first-order chi connectivity index (χ1) is 8.27. The molecule has 17 heavy (non-hydrogen) atoms. The van der Waals surface area contributed by atoms with Gasteiger partial charge in [0.15, 0.2) is 0 Å². The van der Waals surface area contributed by atoms with E-state index in [4.69, 9.17) is 16.3 Å². The molecule has 0 atom stereocenters. The van der Waals surface area contributed by atoms with Gasteiger partial charge in [-0.1, -0.05) is 18.2 Å². The van der Waals surface area contributed by atoms with Crippen LogP contribution in [0.5, 0.6) is 5.75 Å². The van der Waals surface area contributed by atoms with Gasteiger partial charge in [0, 0.05) is 18.8 Å². The number of benzene rings is 1. The molecule has 0 aliphatic rings. The lowest BCUT2D eigenvalue weighted by molar-refractivity contribution is -0.121. The summed E-state index contributed by atoms with van der Waals surface area (Å²) in [7, 11) is 1.65. The van der Waals surface area contributed by atoms with Crippen molar-refractivity contribution in [3.63, 3.8) is 0 Å². The maximum Gasteiger partial charge on any atom is 0.220 e. The molecular weight excluding hydrogens is 238 g/mol. The van der Waals surface area contributed by atoms with Crippen molar-refractivity contribution in [1.82, 2.24) is 5.32 Å². The number of methoxy groups -OCH3 is 1. The monoisotopic (exact) mass is 255 g/mol. The second-order valence-electron chi connectivity index (χ2n) is 3.70. The minimum absolute atomic E-state index is 0.0561. The Kier molecular flexibility index (Phi) is 6.48. The smallest absolute Gasteiger partial charge is 0.220 e. The predicted molar refractivity (Wildman–Crippen MR) is 69.7 cm³/mol. The van der Waals surface area contributed by atoms with Gasteiger partial charge in [-0.25, -0.2) is 0 Å². The van der Waals surface area contributed by atoms with Gasteiger partial charge in [0.05, 0.1) is 7.11 Å². The molecule has 0 saturated heterocycles. The highest BCUT2D eigenvalue weighted by Crippen LogP contribution is 2.17. The molecule has 0 spiro atoms. The number of halogens is 1. The van der Waals surface area contributed by atoms with Crippen LogP contribution in [0.15, 0.2) is 24.3 Å². The number of rotatable bonds is 7. The van der Waals surface area contributed by atoms with E-state index < -0.39 is 0 Å². The lowest BCUT2D eigenvalue weighted by atomic mass is 10.1. The average molecular weight is 256 g/mol. The van der Waals surface area contributed by atoms with Crippen LogP contribution in [-0.2, 0) is 11.2 Å². The van der Waals surface area contributed by atoms with E-state index in [-0.39, 0.29) is 5.91 Å². The predicted octanol–water partition coefficient (Wildman–Crippen LogP) is 2.37. The molecule has 0 aromatic heterocycles. The second-order valence-corrected chi connectivity index (χ2v) is 4.08. The number of alkyl halides is 1. The first-order valence-electron chi connectivity index (χ1n) is 5.72. The Morgan fingerprint density at radius 3 is 2.88 bits per heavy atom. The number of carbonyl (C=O) groups is 1. The Morgan fingerprint density at radius 2 is 2.18 bits per heavy atom. The van der Waals surface area contributed by atoms with E-state index in [2.05, 4.69) is 5.32 Å².